The van der Waals surface area contributed by atoms with Crippen LogP contribution in [0, 0.1) is 6.92 Å². The minimum atomic E-state index is 0.551. The second kappa shape index (κ2) is 7.14. The normalized spacial score (nSPS) is 11.1. The lowest BCUT2D eigenvalue weighted by atomic mass is 10.2. The second-order valence-electron chi connectivity index (χ2n) is 5.06. The maximum atomic E-state index is 6.19. The Bertz CT molecular complexity index is 801. The van der Waals surface area contributed by atoms with E-state index in [0.29, 0.717) is 16.7 Å². The van der Waals surface area contributed by atoms with E-state index in [1.54, 1.807) is 6.33 Å². The fraction of sp³-hybridized carbons (Fsp3) is 0.333. The van der Waals surface area contributed by atoms with Gasteiger partial charge in [0.1, 0.15) is 6.33 Å². The summed E-state index contributed by atoms with van der Waals surface area (Å²) in [6, 6.07) is 5.86. The molecule has 0 saturated carbocycles. The van der Waals surface area contributed by atoms with Gasteiger partial charge in [-0.25, -0.2) is 0 Å². The summed E-state index contributed by atoms with van der Waals surface area (Å²) >= 11 is 7.69. The molecule has 3 aromatic rings. The maximum absolute atomic E-state index is 6.19. The molecule has 8 heteroatoms. The van der Waals surface area contributed by atoms with Crippen LogP contribution in [-0.4, -0.2) is 24.9 Å². The Balaban J connectivity index is 1.74. The summed E-state index contributed by atoms with van der Waals surface area (Å²) in [5, 5.41) is 13.5. The Morgan fingerprint density at radius 1 is 1.35 bits per heavy atom. The molecule has 0 unspecified atom stereocenters. The van der Waals surface area contributed by atoms with Crippen molar-refractivity contribution in [2.24, 2.45) is 0 Å². The van der Waals surface area contributed by atoms with E-state index in [2.05, 4.69) is 27.3 Å². The second-order valence-corrected chi connectivity index (χ2v) is 6.41. The van der Waals surface area contributed by atoms with E-state index in [9.17, 15) is 0 Å². The predicted molar refractivity (Wildman–Crippen MR) is 89.0 cm³/mol. The summed E-state index contributed by atoms with van der Waals surface area (Å²) < 4.78 is 7.12. The number of hydrogen-bond acceptors (Lipinski definition) is 6. The molecule has 120 valence electrons. The molecule has 1 aromatic carbocycles. The molecule has 0 amide bonds. The van der Waals surface area contributed by atoms with Gasteiger partial charge in [0.2, 0.25) is 5.89 Å². The van der Waals surface area contributed by atoms with E-state index in [0.717, 1.165) is 35.1 Å². The highest BCUT2D eigenvalue weighted by molar-refractivity contribution is 7.98. The van der Waals surface area contributed by atoms with Crippen molar-refractivity contribution in [1.82, 2.24) is 24.9 Å². The summed E-state index contributed by atoms with van der Waals surface area (Å²) in [5.74, 6) is 1.89. The maximum Gasteiger partial charge on any atom is 0.237 e. The van der Waals surface area contributed by atoms with E-state index in [4.69, 9.17) is 16.1 Å². The summed E-state index contributed by atoms with van der Waals surface area (Å²) in [6.07, 6.45) is 3.49. The molecule has 2 heterocycles. The summed E-state index contributed by atoms with van der Waals surface area (Å²) in [7, 11) is 0. The molecule has 0 atom stereocenters. The molecule has 0 N–H and O–H groups in total. The lowest BCUT2D eigenvalue weighted by Gasteiger charge is -2.07. The van der Waals surface area contributed by atoms with Gasteiger partial charge in [0, 0.05) is 11.4 Å². The van der Waals surface area contributed by atoms with Crippen molar-refractivity contribution in [3.8, 4) is 5.69 Å². The molecule has 0 fully saturated rings. The smallest absolute Gasteiger partial charge is 0.237 e. The SMILES string of the molecule is CCCc1noc(CSc2nncn2-c2ccc(C)c(Cl)c2)n1. The van der Waals surface area contributed by atoms with Crippen molar-refractivity contribution in [3.63, 3.8) is 0 Å². The van der Waals surface area contributed by atoms with Gasteiger partial charge in [0.15, 0.2) is 11.0 Å². The Morgan fingerprint density at radius 3 is 3.00 bits per heavy atom. The van der Waals surface area contributed by atoms with Gasteiger partial charge in [0.05, 0.1) is 11.4 Å². The first-order chi connectivity index (χ1) is 11.2. The number of hydrogen-bond donors (Lipinski definition) is 0. The van der Waals surface area contributed by atoms with Crippen LogP contribution in [0.25, 0.3) is 5.69 Å². The highest BCUT2D eigenvalue weighted by Gasteiger charge is 2.12. The molecular formula is C15H16ClN5OS. The van der Waals surface area contributed by atoms with E-state index < -0.39 is 0 Å². The Morgan fingerprint density at radius 2 is 2.22 bits per heavy atom. The van der Waals surface area contributed by atoms with Crippen molar-refractivity contribution < 1.29 is 4.52 Å². The standard InChI is InChI=1S/C15H16ClN5OS/c1-3-4-13-18-14(22-20-13)8-23-15-19-17-9-21(15)11-6-5-10(2)12(16)7-11/h5-7,9H,3-4,8H2,1-2H3. The van der Waals surface area contributed by atoms with Gasteiger partial charge in [-0.05, 0) is 31.0 Å². The van der Waals surface area contributed by atoms with Crippen molar-refractivity contribution in [2.75, 3.05) is 0 Å². The van der Waals surface area contributed by atoms with Crippen LogP contribution in [0.3, 0.4) is 0 Å². The molecule has 0 aliphatic heterocycles. The van der Waals surface area contributed by atoms with Crippen LogP contribution in [-0.2, 0) is 12.2 Å². The Hall–Kier alpha value is -1.86. The minimum absolute atomic E-state index is 0.551. The Kier molecular flexibility index (Phi) is 4.97. The molecule has 2 aromatic heterocycles. The average Bonchev–Trinajstić information content (AvgIpc) is 3.17. The third-order valence-electron chi connectivity index (χ3n) is 3.26. The number of halogens is 1. The van der Waals surface area contributed by atoms with Crippen LogP contribution in [0.2, 0.25) is 5.02 Å². The van der Waals surface area contributed by atoms with Crippen LogP contribution in [0.5, 0.6) is 0 Å². The largest absolute Gasteiger partial charge is 0.338 e. The average molecular weight is 350 g/mol. The van der Waals surface area contributed by atoms with Gasteiger partial charge in [-0.2, -0.15) is 4.98 Å². The highest BCUT2D eigenvalue weighted by Crippen LogP contribution is 2.25. The zero-order valence-corrected chi connectivity index (χ0v) is 14.4. The lowest BCUT2D eigenvalue weighted by Crippen LogP contribution is -1.96. The van der Waals surface area contributed by atoms with Gasteiger partial charge in [-0.3, -0.25) is 4.57 Å². The molecule has 0 bridgehead atoms. The van der Waals surface area contributed by atoms with Gasteiger partial charge in [0.25, 0.3) is 0 Å². The van der Waals surface area contributed by atoms with Crippen molar-refractivity contribution >= 4 is 23.4 Å². The molecule has 0 spiro atoms. The van der Waals surface area contributed by atoms with E-state index in [1.165, 1.54) is 11.8 Å². The summed E-state index contributed by atoms with van der Waals surface area (Å²) in [4.78, 5) is 4.35. The quantitative estimate of drug-likeness (QED) is 0.629. The highest BCUT2D eigenvalue weighted by atomic mass is 35.5. The first-order valence-electron chi connectivity index (χ1n) is 7.28. The van der Waals surface area contributed by atoms with E-state index >= 15 is 0 Å². The van der Waals surface area contributed by atoms with Gasteiger partial charge in [-0.15, -0.1) is 10.2 Å². The van der Waals surface area contributed by atoms with Crippen LogP contribution >= 0.6 is 23.4 Å². The van der Waals surface area contributed by atoms with Gasteiger partial charge < -0.3 is 4.52 Å². The third-order valence-corrected chi connectivity index (χ3v) is 4.59. The van der Waals surface area contributed by atoms with Crippen LogP contribution < -0.4 is 0 Å². The fourth-order valence-corrected chi connectivity index (χ4v) is 2.97. The number of aryl methyl sites for hydroxylation is 2. The molecule has 0 aliphatic carbocycles. The zero-order valence-electron chi connectivity index (χ0n) is 12.9. The number of benzene rings is 1. The van der Waals surface area contributed by atoms with Crippen LogP contribution in [0.4, 0.5) is 0 Å². The molecule has 0 radical (unpaired) electrons. The minimum Gasteiger partial charge on any atom is -0.338 e. The van der Waals surface area contributed by atoms with Crippen LogP contribution in [0.15, 0.2) is 34.2 Å². The van der Waals surface area contributed by atoms with E-state index in [-0.39, 0.29) is 0 Å². The zero-order chi connectivity index (χ0) is 16.2. The number of nitrogens with zero attached hydrogens (tertiary/aromatic N) is 5. The van der Waals surface area contributed by atoms with Crippen LogP contribution in [0.1, 0.15) is 30.6 Å². The lowest BCUT2D eigenvalue weighted by molar-refractivity contribution is 0.384. The summed E-state index contributed by atoms with van der Waals surface area (Å²) in [6.45, 7) is 4.05. The fourth-order valence-electron chi connectivity index (χ4n) is 2.03. The summed E-state index contributed by atoms with van der Waals surface area (Å²) in [5.41, 5.74) is 1.96. The topological polar surface area (TPSA) is 69.6 Å². The van der Waals surface area contributed by atoms with E-state index in [1.807, 2.05) is 29.7 Å². The molecule has 0 saturated heterocycles. The molecule has 6 nitrogen and oxygen atoms in total. The predicted octanol–water partition coefficient (Wildman–Crippen LogP) is 3.86. The number of rotatable bonds is 6. The number of thioether (sulfide) groups is 1. The first-order valence-corrected chi connectivity index (χ1v) is 8.64. The molecule has 0 aliphatic rings. The monoisotopic (exact) mass is 349 g/mol. The van der Waals surface area contributed by atoms with Crippen molar-refractivity contribution in [1.29, 1.82) is 0 Å². The first kappa shape index (κ1) is 16.0. The van der Waals surface area contributed by atoms with Gasteiger partial charge in [-0.1, -0.05) is 41.5 Å². The van der Waals surface area contributed by atoms with Crippen molar-refractivity contribution in [3.05, 3.63) is 46.8 Å². The Labute approximate surface area is 143 Å². The number of aromatic nitrogens is 5. The molecule has 23 heavy (non-hydrogen) atoms. The van der Waals surface area contributed by atoms with Crippen molar-refractivity contribution in [2.45, 2.75) is 37.6 Å². The third kappa shape index (κ3) is 3.73. The molecule has 3 rings (SSSR count). The molecular weight excluding hydrogens is 334 g/mol. The van der Waals surface area contributed by atoms with Gasteiger partial charge >= 0.3 is 0 Å².